The first-order valence-electron chi connectivity index (χ1n) is 5.71. The largest absolute Gasteiger partial charge is 0.357 e. The number of hydrogen-bond donors (Lipinski definition) is 1. The van der Waals surface area contributed by atoms with Crippen molar-refractivity contribution in [2.75, 3.05) is 18.0 Å². The molecule has 1 saturated heterocycles. The van der Waals surface area contributed by atoms with Crippen molar-refractivity contribution in [3.63, 3.8) is 0 Å². The molecule has 1 fully saturated rings. The van der Waals surface area contributed by atoms with Crippen LogP contribution in [-0.2, 0) is 6.42 Å². The molecule has 1 aromatic heterocycles. The predicted octanol–water partition coefficient (Wildman–Crippen LogP) is 1.57. The molecule has 0 bridgehead atoms. The van der Waals surface area contributed by atoms with Crippen LogP contribution in [0.25, 0.3) is 0 Å². The zero-order chi connectivity index (χ0) is 10.7. The van der Waals surface area contributed by atoms with Crippen molar-refractivity contribution in [1.82, 2.24) is 4.98 Å². The molecule has 1 atom stereocenters. The summed E-state index contributed by atoms with van der Waals surface area (Å²) in [4.78, 5) is 6.83. The van der Waals surface area contributed by atoms with Gasteiger partial charge in [-0.1, -0.05) is 6.07 Å². The lowest BCUT2D eigenvalue weighted by Crippen LogP contribution is -2.20. The molecule has 0 amide bonds. The minimum Gasteiger partial charge on any atom is -0.357 e. The first kappa shape index (κ1) is 10.4. The van der Waals surface area contributed by atoms with E-state index in [-0.39, 0.29) is 6.04 Å². The minimum atomic E-state index is 0.212. The van der Waals surface area contributed by atoms with Gasteiger partial charge in [0.1, 0.15) is 5.82 Å². The van der Waals surface area contributed by atoms with Crippen LogP contribution in [0.2, 0.25) is 0 Å². The lowest BCUT2D eigenvalue weighted by molar-refractivity contribution is 0.735. The molecule has 1 unspecified atom stereocenters. The van der Waals surface area contributed by atoms with Gasteiger partial charge in [-0.15, -0.1) is 0 Å². The van der Waals surface area contributed by atoms with Gasteiger partial charge in [-0.05, 0) is 37.8 Å². The molecule has 3 nitrogen and oxygen atoms in total. The molecule has 1 aliphatic heterocycles. The highest BCUT2D eigenvalue weighted by molar-refractivity contribution is 5.40. The molecule has 0 spiro atoms. The number of anilines is 1. The third-order valence-corrected chi connectivity index (χ3v) is 2.80. The average Bonchev–Trinajstić information content (AvgIpc) is 2.71. The molecule has 1 aromatic rings. The summed E-state index contributed by atoms with van der Waals surface area (Å²) in [6.45, 7) is 4.33. The summed E-state index contributed by atoms with van der Waals surface area (Å²) in [5.41, 5.74) is 6.98. The molecular weight excluding hydrogens is 186 g/mol. The second kappa shape index (κ2) is 4.62. The second-order valence-corrected chi connectivity index (χ2v) is 4.40. The second-order valence-electron chi connectivity index (χ2n) is 4.40. The van der Waals surface area contributed by atoms with E-state index < -0.39 is 0 Å². The Balaban J connectivity index is 2.03. The summed E-state index contributed by atoms with van der Waals surface area (Å²) in [7, 11) is 0. The number of aromatic nitrogens is 1. The Hall–Kier alpha value is -1.09. The third-order valence-electron chi connectivity index (χ3n) is 2.80. The van der Waals surface area contributed by atoms with Gasteiger partial charge in [0.05, 0.1) is 0 Å². The van der Waals surface area contributed by atoms with Gasteiger partial charge >= 0.3 is 0 Å². The third kappa shape index (κ3) is 2.69. The smallest absolute Gasteiger partial charge is 0.128 e. The molecule has 0 aromatic carbocycles. The van der Waals surface area contributed by atoms with Gasteiger partial charge in [0.2, 0.25) is 0 Å². The number of pyridine rings is 1. The molecule has 82 valence electrons. The average molecular weight is 205 g/mol. The first-order chi connectivity index (χ1) is 7.25. The lowest BCUT2D eigenvalue weighted by Gasteiger charge is -2.16. The van der Waals surface area contributed by atoms with E-state index in [1.54, 1.807) is 0 Å². The summed E-state index contributed by atoms with van der Waals surface area (Å²) in [6, 6.07) is 4.47. The van der Waals surface area contributed by atoms with E-state index >= 15 is 0 Å². The fraction of sp³-hybridized carbons (Fsp3) is 0.583. The zero-order valence-corrected chi connectivity index (χ0v) is 9.32. The quantitative estimate of drug-likeness (QED) is 0.814. The van der Waals surface area contributed by atoms with Gasteiger partial charge in [0.15, 0.2) is 0 Å². The van der Waals surface area contributed by atoms with Crippen LogP contribution in [0, 0.1) is 0 Å². The van der Waals surface area contributed by atoms with Gasteiger partial charge < -0.3 is 10.6 Å². The SMILES string of the molecule is CC(N)Cc1ccc(N2CCCC2)nc1. The highest BCUT2D eigenvalue weighted by Crippen LogP contribution is 2.17. The normalized spacial score (nSPS) is 18.1. The van der Waals surface area contributed by atoms with Crippen molar-refractivity contribution in [2.24, 2.45) is 5.73 Å². The summed E-state index contributed by atoms with van der Waals surface area (Å²) >= 11 is 0. The van der Waals surface area contributed by atoms with E-state index in [0.29, 0.717) is 0 Å². The standard InChI is InChI=1S/C12H19N3/c1-10(13)8-11-4-5-12(14-9-11)15-6-2-3-7-15/h4-5,9-10H,2-3,6-8,13H2,1H3. The highest BCUT2D eigenvalue weighted by Gasteiger charge is 2.12. The van der Waals surface area contributed by atoms with Crippen LogP contribution >= 0.6 is 0 Å². The first-order valence-corrected chi connectivity index (χ1v) is 5.71. The Kier molecular flexibility index (Phi) is 3.21. The van der Waals surface area contributed by atoms with Crippen LogP contribution in [0.1, 0.15) is 25.3 Å². The molecule has 1 aliphatic rings. The number of hydrogen-bond acceptors (Lipinski definition) is 3. The molecule has 3 heteroatoms. The Morgan fingerprint density at radius 1 is 1.40 bits per heavy atom. The van der Waals surface area contributed by atoms with E-state index in [2.05, 4.69) is 22.0 Å². The van der Waals surface area contributed by atoms with E-state index in [4.69, 9.17) is 5.73 Å². The van der Waals surface area contributed by atoms with Gasteiger partial charge in [0, 0.05) is 25.3 Å². The molecule has 2 rings (SSSR count). The number of nitrogens with zero attached hydrogens (tertiary/aromatic N) is 2. The fourth-order valence-corrected chi connectivity index (χ4v) is 2.04. The van der Waals surface area contributed by atoms with Crippen LogP contribution in [0.3, 0.4) is 0 Å². The summed E-state index contributed by atoms with van der Waals surface area (Å²) in [6.07, 6.45) is 5.46. The number of nitrogens with two attached hydrogens (primary N) is 1. The van der Waals surface area contributed by atoms with Gasteiger partial charge in [-0.2, -0.15) is 0 Å². The van der Waals surface area contributed by atoms with Gasteiger partial charge in [-0.3, -0.25) is 0 Å². The summed E-state index contributed by atoms with van der Waals surface area (Å²) in [5.74, 6) is 1.11. The Labute approximate surface area is 91.3 Å². The van der Waals surface area contributed by atoms with Crippen molar-refractivity contribution in [1.29, 1.82) is 0 Å². The molecule has 2 N–H and O–H groups in total. The number of rotatable bonds is 3. The maximum atomic E-state index is 5.75. The maximum Gasteiger partial charge on any atom is 0.128 e. The summed E-state index contributed by atoms with van der Waals surface area (Å²) in [5, 5.41) is 0. The van der Waals surface area contributed by atoms with E-state index in [1.807, 2.05) is 13.1 Å². The van der Waals surface area contributed by atoms with Crippen molar-refractivity contribution in [3.8, 4) is 0 Å². The Bertz CT molecular complexity index is 299. The van der Waals surface area contributed by atoms with Crippen LogP contribution < -0.4 is 10.6 Å². The molecule has 0 saturated carbocycles. The fourth-order valence-electron chi connectivity index (χ4n) is 2.04. The monoisotopic (exact) mass is 205 g/mol. The Morgan fingerprint density at radius 2 is 2.13 bits per heavy atom. The van der Waals surface area contributed by atoms with Crippen LogP contribution in [0.4, 0.5) is 5.82 Å². The Morgan fingerprint density at radius 3 is 2.67 bits per heavy atom. The predicted molar refractivity (Wildman–Crippen MR) is 63.0 cm³/mol. The molecular formula is C12H19N3. The van der Waals surface area contributed by atoms with Crippen LogP contribution in [0.15, 0.2) is 18.3 Å². The van der Waals surface area contributed by atoms with Gasteiger partial charge in [-0.25, -0.2) is 4.98 Å². The van der Waals surface area contributed by atoms with Crippen molar-refractivity contribution in [3.05, 3.63) is 23.9 Å². The van der Waals surface area contributed by atoms with Crippen molar-refractivity contribution >= 4 is 5.82 Å². The van der Waals surface area contributed by atoms with Crippen LogP contribution in [-0.4, -0.2) is 24.1 Å². The lowest BCUT2D eigenvalue weighted by atomic mass is 10.1. The zero-order valence-electron chi connectivity index (χ0n) is 9.32. The molecule has 0 aliphatic carbocycles. The highest BCUT2D eigenvalue weighted by atomic mass is 15.2. The van der Waals surface area contributed by atoms with Gasteiger partial charge in [0.25, 0.3) is 0 Å². The van der Waals surface area contributed by atoms with Crippen LogP contribution in [0.5, 0.6) is 0 Å². The molecule has 0 radical (unpaired) electrons. The molecule has 2 heterocycles. The van der Waals surface area contributed by atoms with Crippen molar-refractivity contribution in [2.45, 2.75) is 32.2 Å². The van der Waals surface area contributed by atoms with E-state index in [0.717, 1.165) is 25.3 Å². The minimum absolute atomic E-state index is 0.212. The maximum absolute atomic E-state index is 5.75. The topological polar surface area (TPSA) is 42.1 Å². The van der Waals surface area contributed by atoms with E-state index in [1.165, 1.54) is 18.4 Å². The van der Waals surface area contributed by atoms with E-state index in [9.17, 15) is 0 Å². The summed E-state index contributed by atoms with van der Waals surface area (Å²) < 4.78 is 0. The molecule has 15 heavy (non-hydrogen) atoms. The van der Waals surface area contributed by atoms with Crippen molar-refractivity contribution < 1.29 is 0 Å².